The van der Waals surface area contributed by atoms with Crippen molar-refractivity contribution in [3.05, 3.63) is 23.5 Å². The van der Waals surface area contributed by atoms with Crippen LogP contribution in [0.4, 0.5) is 0 Å². The number of nitrogens with zero attached hydrogens (tertiary/aromatic N) is 1. The van der Waals surface area contributed by atoms with Gasteiger partial charge in [0, 0.05) is 31.9 Å². The molecule has 1 amide bonds. The molecule has 0 aromatic carbocycles. The summed E-state index contributed by atoms with van der Waals surface area (Å²) in [5.74, 6) is 0.00186. The van der Waals surface area contributed by atoms with Crippen molar-refractivity contribution in [2.45, 2.75) is 32.9 Å². The average molecular weight is 223 g/mol. The molecule has 4 nitrogen and oxygen atoms in total. The van der Waals surface area contributed by atoms with Gasteiger partial charge in [-0.1, -0.05) is 0 Å². The highest BCUT2D eigenvalue weighted by atomic mass is 16.2. The van der Waals surface area contributed by atoms with E-state index in [1.165, 1.54) is 0 Å². The lowest BCUT2D eigenvalue weighted by molar-refractivity contribution is 0.0822. The van der Waals surface area contributed by atoms with Crippen LogP contribution < -0.4 is 5.32 Å². The van der Waals surface area contributed by atoms with Crippen LogP contribution in [0.3, 0.4) is 0 Å². The third kappa shape index (κ3) is 3.70. The fraction of sp³-hybridized carbons (Fsp3) is 0.583. The summed E-state index contributed by atoms with van der Waals surface area (Å²) in [6.07, 6.45) is 0. The molecule has 0 saturated carbocycles. The lowest BCUT2D eigenvalue weighted by atomic mass is 10.1. The van der Waals surface area contributed by atoms with E-state index in [-0.39, 0.29) is 11.4 Å². The van der Waals surface area contributed by atoms with Gasteiger partial charge < -0.3 is 15.2 Å². The maximum absolute atomic E-state index is 11.6. The van der Waals surface area contributed by atoms with Gasteiger partial charge in [-0.3, -0.25) is 4.79 Å². The second-order valence-corrected chi connectivity index (χ2v) is 5.20. The van der Waals surface area contributed by atoms with Crippen molar-refractivity contribution in [3.8, 4) is 0 Å². The molecule has 0 bridgehead atoms. The lowest BCUT2D eigenvalue weighted by Gasteiger charge is -2.19. The van der Waals surface area contributed by atoms with Gasteiger partial charge in [0.05, 0.1) is 0 Å². The smallest absolute Gasteiger partial charge is 0.269 e. The van der Waals surface area contributed by atoms with Crippen molar-refractivity contribution in [2.75, 3.05) is 14.1 Å². The first-order valence-electron chi connectivity index (χ1n) is 5.44. The Kier molecular flexibility index (Phi) is 3.75. The van der Waals surface area contributed by atoms with Crippen LogP contribution >= 0.6 is 0 Å². The predicted octanol–water partition coefficient (Wildman–Crippen LogP) is 1.60. The van der Waals surface area contributed by atoms with Crippen LogP contribution in [0.2, 0.25) is 0 Å². The van der Waals surface area contributed by atoms with E-state index in [1.54, 1.807) is 19.0 Å². The van der Waals surface area contributed by atoms with E-state index < -0.39 is 0 Å². The molecule has 0 radical (unpaired) electrons. The monoisotopic (exact) mass is 223 g/mol. The molecule has 0 fully saturated rings. The Balaban J connectivity index is 2.62. The molecular formula is C12H21N3O. The van der Waals surface area contributed by atoms with Gasteiger partial charge in [0.15, 0.2) is 0 Å². The predicted molar refractivity (Wildman–Crippen MR) is 65.4 cm³/mol. The van der Waals surface area contributed by atoms with Gasteiger partial charge in [-0.2, -0.15) is 0 Å². The van der Waals surface area contributed by atoms with Crippen molar-refractivity contribution in [1.29, 1.82) is 0 Å². The summed E-state index contributed by atoms with van der Waals surface area (Å²) >= 11 is 0. The van der Waals surface area contributed by atoms with Crippen molar-refractivity contribution in [3.63, 3.8) is 0 Å². The maximum atomic E-state index is 11.6. The molecule has 0 unspecified atom stereocenters. The van der Waals surface area contributed by atoms with Gasteiger partial charge in [-0.15, -0.1) is 0 Å². The molecule has 0 spiro atoms. The lowest BCUT2D eigenvalue weighted by Crippen LogP contribution is -2.35. The van der Waals surface area contributed by atoms with Crippen LogP contribution in [0.5, 0.6) is 0 Å². The number of nitrogens with one attached hydrogen (secondary N) is 2. The number of hydrogen-bond acceptors (Lipinski definition) is 2. The summed E-state index contributed by atoms with van der Waals surface area (Å²) in [7, 11) is 3.49. The van der Waals surface area contributed by atoms with Gasteiger partial charge in [-0.05, 0) is 32.9 Å². The van der Waals surface area contributed by atoms with E-state index in [0.717, 1.165) is 12.2 Å². The van der Waals surface area contributed by atoms with Gasteiger partial charge in [0.25, 0.3) is 5.91 Å². The van der Waals surface area contributed by atoms with E-state index in [2.05, 4.69) is 31.1 Å². The van der Waals surface area contributed by atoms with Crippen LogP contribution in [0.1, 0.15) is 37.0 Å². The van der Waals surface area contributed by atoms with E-state index in [1.807, 2.05) is 12.1 Å². The Morgan fingerprint density at radius 2 is 2.00 bits per heavy atom. The van der Waals surface area contributed by atoms with Crippen molar-refractivity contribution in [1.82, 2.24) is 15.2 Å². The maximum Gasteiger partial charge on any atom is 0.269 e. The molecule has 0 atom stereocenters. The molecular weight excluding hydrogens is 202 g/mol. The Bertz CT molecular complexity index is 361. The standard InChI is InChI=1S/C12H21N3O/c1-12(2,3)13-8-9-6-7-10(14-9)11(16)15(4)5/h6-7,13-14H,8H2,1-5H3. The number of aromatic nitrogens is 1. The summed E-state index contributed by atoms with van der Waals surface area (Å²) < 4.78 is 0. The molecule has 0 saturated heterocycles. The number of rotatable bonds is 3. The van der Waals surface area contributed by atoms with Crippen LogP contribution in [0, 0.1) is 0 Å². The molecule has 1 rings (SSSR count). The highest BCUT2D eigenvalue weighted by Gasteiger charge is 2.12. The van der Waals surface area contributed by atoms with Gasteiger partial charge in [0.2, 0.25) is 0 Å². The minimum atomic E-state index is 0.00186. The molecule has 4 heteroatoms. The third-order valence-electron chi connectivity index (χ3n) is 2.19. The van der Waals surface area contributed by atoms with Gasteiger partial charge in [-0.25, -0.2) is 0 Å². The number of carbonyl (C=O) groups excluding carboxylic acids is 1. The first kappa shape index (κ1) is 12.8. The molecule has 0 aliphatic carbocycles. The number of aromatic amines is 1. The normalized spacial score (nSPS) is 11.6. The minimum absolute atomic E-state index is 0.00186. The van der Waals surface area contributed by atoms with E-state index >= 15 is 0 Å². The highest BCUT2D eigenvalue weighted by Crippen LogP contribution is 2.06. The number of hydrogen-bond donors (Lipinski definition) is 2. The van der Waals surface area contributed by atoms with E-state index in [4.69, 9.17) is 0 Å². The highest BCUT2D eigenvalue weighted by molar-refractivity contribution is 5.92. The van der Waals surface area contributed by atoms with E-state index in [9.17, 15) is 4.79 Å². The van der Waals surface area contributed by atoms with Crippen LogP contribution in [-0.2, 0) is 6.54 Å². The molecule has 0 aliphatic heterocycles. The molecule has 90 valence electrons. The van der Waals surface area contributed by atoms with Crippen molar-refractivity contribution in [2.24, 2.45) is 0 Å². The van der Waals surface area contributed by atoms with Gasteiger partial charge in [0.1, 0.15) is 5.69 Å². The van der Waals surface area contributed by atoms with Crippen LogP contribution in [0.15, 0.2) is 12.1 Å². The van der Waals surface area contributed by atoms with Crippen LogP contribution in [0.25, 0.3) is 0 Å². The molecule has 1 aromatic heterocycles. The van der Waals surface area contributed by atoms with Gasteiger partial charge >= 0.3 is 0 Å². The third-order valence-corrected chi connectivity index (χ3v) is 2.19. The summed E-state index contributed by atoms with van der Waals surface area (Å²) in [6, 6.07) is 3.76. The largest absolute Gasteiger partial charge is 0.353 e. The quantitative estimate of drug-likeness (QED) is 0.817. The zero-order valence-corrected chi connectivity index (χ0v) is 10.7. The van der Waals surface area contributed by atoms with Crippen LogP contribution in [-0.4, -0.2) is 35.4 Å². The second kappa shape index (κ2) is 4.70. The molecule has 1 aromatic rings. The topological polar surface area (TPSA) is 48.1 Å². The fourth-order valence-corrected chi connectivity index (χ4v) is 1.27. The first-order chi connectivity index (χ1) is 7.29. The summed E-state index contributed by atoms with van der Waals surface area (Å²) in [5.41, 5.74) is 1.74. The minimum Gasteiger partial charge on any atom is -0.353 e. The zero-order valence-electron chi connectivity index (χ0n) is 10.7. The Hall–Kier alpha value is -1.29. The Morgan fingerprint density at radius 3 is 2.50 bits per heavy atom. The SMILES string of the molecule is CN(C)C(=O)c1ccc(CNC(C)(C)C)[nH]1. The Morgan fingerprint density at radius 1 is 1.38 bits per heavy atom. The summed E-state index contributed by atoms with van der Waals surface area (Å²) in [4.78, 5) is 16.3. The second-order valence-electron chi connectivity index (χ2n) is 5.20. The molecule has 16 heavy (non-hydrogen) atoms. The first-order valence-corrected chi connectivity index (χ1v) is 5.44. The fourth-order valence-electron chi connectivity index (χ4n) is 1.27. The molecule has 1 heterocycles. The summed E-state index contributed by atoms with van der Waals surface area (Å²) in [6.45, 7) is 7.08. The average Bonchev–Trinajstić information content (AvgIpc) is 2.60. The zero-order chi connectivity index (χ0) is 12.3. The number of H-pyrrole nitrogens is 1. The van der Waals surface area contributed by atoms with Crippen molar-refractivity contribution >= 4 is 5.91 Å². The molecule has 0 aliphatic rings. The van der Waals surface area contributed by atoms with E-state index in [0.29, 0.717) is 5.69 Å². The Labute approximate surface area is 97.0 Å². The summed E-state index contributed by atoms with van der Waals surface area (Å²) in [5, 5.41) is 3.36. The van der Waals surface area contributed by atoms with Crippen molar-refractivity contribution < 1.29 is 4.79 Å². The number of amides is 1. The number of carbonyl (C=O) groups is 1. The molecule has 2 N–H and O–H groups in total.